The van der Waals surface area contributed by atoms with Crippen LogP contribution in [0.3, 0.4) is 0 Å². The van der Waals surface area contributed by atoms with Crippen LogP contribution in [0.5, 0.6) is 0 Å². The molecule has 0 nitrogen and oxygen atoms in total. The quantitative estimate of drug-likeness (QED) is 0.401. The molecule has 1 atom stereocenters. The molecule has 2 aliphatic carbocycles. The fraction of sp³-hybridized carbons (Fsp3) is 0.143. The van der Waals surface area contributed by atoms with E-state index in [2.05, 4.69) is 67.6 Å². The van der Waals surface area contributed by atoms with E-state index in [1.54, 1.807) is 0 Å². The average molecular weight is 268 g/mol. The Bertz CT molecular complexity index is 886. The summed E-state index contributed by atoms with van der Waals surface area (Å²) in [6.07, 6.45) is 1.08. The summed E-state index contributed by atoms with van der Waals surface area (Å²) >= 11 is 0. The summed E-state index contributed by atoms with van der Waals surface area (Å²) in [5.41, 5.74) is 11.8. The Balaban J connectivity index is 1.85. The molecule has 5 rings (SSSR count). The van der Waals surface area contributed by atoms with Crippen LogP contribution < -0.4 is 0 Å². The van der Waals surface area contributed by atoms with E-state index < -0.39 is 0 Å². The second-order valence-corrected chi connectivity index (χ2v) is 6.20. The van der Waals surface area contributed by atoms with Crippen molar-refractivity contribution in [3.05, 3.63) is 82.9 Å². The van der Waals surface area contributed by atoms with Crippen LogP contribution in [0.15, 0.2) is 60.7 Å². The third-order valence-corrected chi connectivity index (χ3v) is 5.18. The summed E-state index contributed by atoms with van der Waals surface area (Å²) in [5, 5.41) is 0. The van der Waals surface area contributed by atoms with Crippen LogP contribution in [-0.4, -0.2) is 0 Å². The van der Waals surface area contributed by atoms with Gasteiger partial charge >= 0.3 is 0 Å². The molecule has 0 saturated heterocycles. The molecule has 0 spiro atoms. The summed E-state index contributed by atoms with van der Waals surface area (Å²) in [5.74, 6) is 0.519. The van der Waals surface area contributed by atoms with Crippen LogP contribution in [0.1, 0.15) is 35.1 Å². The third-order valence-electron chi connectivity index (χ3n) is 5.18. The number of benzene rings is 3. The summed E-state index contributed by atoms with van der Waals surface area (Å²) in [4.78, 5) is 0. The van der Waals surface area contributed by atoms with Gasteiger partial charge in [0, 0.05) is 5.92 Å². The molecule has 0 aliphatic heterocycles. The van der Waals surface area contributed by atoms with Crippen LogP contribution in [0, 0.1) is 0 Å². The minimum absolute atomic E-state index is 0.519. The maximum Gasteiger partial charge on any atom is 0.00734 e. The van der Waals surface area contributed by atoms with Crippen molar-refractivity contribution in [1.82, 2.24) is 0 Å². The zero-order valence-corrected chi connectivity index (χ0v) is 12.1. The van der Waals surface area contributed by atoms with Crippen molar-refractivity contribution in [2.45, 2.75) is 19.3 Å². The van der Waals surface area contributed by atoms with Gasteiger partial charge in [0.2, 0.25) is 0 Å². The number of hydrogen-bond acceptors (Lipinski definition) is 0. The van der Waals surface area contributed by atoms with Crippen molar-refractivity contribution in [2.24, 2.45) is 0 Å². The summed E-state index contributed by atoms with van der Waals surface area (Å²) in [6, 6.07) is 22.4. The lowest BCUT2D eigenvalue weighted by molar-refractivity contribution is 0.955. The molecule has 0 fully saturated rings. The normalized spacial score (nSPS) is 17.1. The molecular weight excluding hydrogens is 252 g/mol. The van der Waals surface area contributed by atoms with E-state index in [9.17, 15) is 0 Å². The Kier molecular flexibility index (Phi) is 2.08. The van der Waals surface area contributed by atoms with Gasteiger partial charge < -0.3 is 0 Å². The molecule has 3 aromatic rings. The molecule has 0 heteroatoms. The topological polar surface area (TPSA) is 0 Å². The largest absolute Gasteiger partial charge is 0.0619 e. The predicted molar refractivity (Wildman–Crippen MR) is 87.6 cm³/mol. The Morgan fingerprint density at radius 3 is 2.38 bits per heavy atom. The van der Waals surface area contributed by atoms with E-state index in [0.29, 0.717) is 5.92 Å². The first-order chi connectivity index (χ1) is 10.3. The van der Waals surface area contributed by atoms with Gasteiger partial charge in [0.25, 0.3) is 0 Å². The van der Waals surface area contributed by atoms with Crippen molar-refractivity contribution in [2.75, 3.05) is 0 Å². The van der Waals surface area contributed by atoms with E-state index in [1.807, 2.05) is 0 Å². The molecule has 0 aromatic heterocycles. The highest BCUT2D eigenvalue weighted by Crippen LogP contribution is 2.51. The highest BCUT2D eigenvalue weighted by Gasteiger charge is 2.31. The van der Waals surface area contributed by atoms with Gasteiger partial charge in [-0.2, -0.15) is 0 Å². The first-order valence-electron chi connectivity index (χ1n) is 7.68. The number of rotatable bonds is 0. The molecule has 3 aromatic carbocycles. The third kappa shape index (κ3) is 1.35. The van der Waals surface area contributed by atoms with Crippen LogP contribution >= 0.6 is 0 Å². The standard InChI is InChI=1S/C21H16/c1-13-15-7-4-5-9-19(15)21-16(13)10-11-18-17-8-3-2-6-14(17)12-20(18)21/h2-11,13H,12H2,1H3. The molecule has 0 saturated carbocycles. The fourth-order valence-corrected chi connectivity index (χ4v) is 4.18. The van der Waals surface area contributed by atoms with Crippen molar-refractivity contribution in [3.63, 3.8) is 0 Å². The van der Waals surface area contributed by atoms with E-state index >= 15 is 0 Å². The maximum atomic E-state index is 2.35. The van der Waals surface area contributed by atoms with Crippen LogP contribution in [0.25, 0.3) is 22.3 Å². The van der Waals surface area contributed by atoms with Gasteiger partial charge in [0.15, 0.2) is 0 Å². The van der Waals surface area contributed by atoms with Gasteiger partial charge in [0.1, 0.15) is 0 Å². The highest BCUT2D eigenvalue weighted by molar-refractivity contribution is 5.90. The first kappa shape index (κ1) is 11.3. The zero-order valence-electron chi connectivity index (χ0n) is 12.1. The molecule has 100 valence electrons. The Hall–Kier alpha value is -2.34. The molecule has 0 heterocycles. The van der Waals surface area contributed by atoms with Crippen molar-refractivity contribution >= 4 is 0 Å². The van der Waals surface area contributed by atoms with Crippen LogP contribution in [0.4, 0.5) is 0 Å². The SMILES string of the molecule is CC1c2ccccc2-c2c1ccc1c2Cc2ccccc2-1. The van der Waals surface area contributed by atoms with Gasteiger partial charge in [-0.25, -0.2) is 0 Å². The number of hydrogen-bond donors (Lipinski definition) is 0. The molecule has 21 heavy (non-hydrogen) atoms. The Labute approximate surface area is 125 Å². The van der Waals surface area contributed by atoms with Crippen molar-refractivity contribution < 1.29 is 0 Å². The second kappa shape index (κ2) is 3.85. The molecule has 1 unspecified atom stereocenters. The zero-order chi connectivity index (χ0) is 14.0. The number of fused-ring (bicyclic) bond motifs is 7. The lowest BCUT2D eigenvalue weighted by Crippen LogP contribution is -1.91. The molecule has 0 N–H and O–H groups in total. The minimum Gasteiger partial charge on any atom is -0.0619 e. The molecule has 0 radical (unpaired) electrons. The highest BCUT2D eigenvalue weighted by atomic mass is 14.3. The van der Waals surface area contributed by atoms with E-state index in [4.69, 9.17) is 0 Å². The monoisotopic (exact) mass is 268 g/mol. The van der Waals surface area contributed by atoms with E-state index in [1.165, 1.54) is 44.5 Å². The summed E-state index contributed by atoms with van der Waals surface area (Å²) < 4.78 is 0. The van der Waals surface area contributed by atoms with Crippen molar-refractivity contribution in [1.29, 1.82) is 0 Å². The fourth-order valence-electron chi connectivity index (χ4n) is 4.18. The van der Waals surface area contributed by atoms with E-state index in [-0.39, 0.29) is 0 Å². The predicted octanol–water partition coefficient (Wildman–Crippen LogP) is 5.39. The lowest BCUT2D eigenvalue weighted by atomic mass is 9.94. The smallest absolute Gasteiger partial charge is 0.00734 e. The minimum atomic E-state index is 0.519. The molecule has 0 bridgehead atoms. The lowest BCUT2D eigenvalue weighted by Gasteiger charge is -2.10. The molecule has 2 aliphatic rings. The Morgan fingerprint density at radius 1 is 0.714 bits per heavy atom. The Morgan fingerprint density at radius 2 is 1.48 bits per heavy atom. The summed E-state index contributed by atoms with van der Waals surface area (Å²) in [7, 11) is 0. The second-order valence-electron chi connectivity index (χ2n) is 6.20. The molecular formula is C21H16. The first-order valence-corrected chi connectivity index (χ1v) is 7.68. The van der Waals surface area contributed by atoms with Gasteiger partial charge in [0.05, 0.1) is 0 Å². The van der Waals surface area contributed by atoms with Crippen LogP contribution in [-0.2, 0) is 6.42 Å². The summed E-state index contributed by atoms with van der Waals surface area (Å²) in [6.45, 7) is 2.33. The van der Waals surface area contributed by atoms with Crippen molar-refractivity contribution in [3.8, 4) is 22.3 Å². The van der Waals surface area contributed by atoms with Crippen LogP contribution in [0.2, 0.25) is 0 Å². The molecule has 0 amide bonds. The van der Waals surface area contributed by atoms with Gasteiger partial charge in [-0.1, -0.05) is 67.6 Å². The average Bonchev–Trinajstić information content (AvgIpc) is 3.04. The van der Waals surface area contributed by atoms with Gasteiger partial charge in [-0.05, 0) is 50.9 Å². The van der Waals surface area contributed by atoms with E-state index in [0.717, 1.165) is 6.42 Å². The maximum absolute atomic E-state index is 2.35. The van der Waals surface area contributed by atoms with Gasteiger partial charge in [-0.15, -0.1) is 0 Å². The van der Waals surface area contributed by atoms with Gasteiger partial charge in [-0.3, -0.25) is 0 Å².